The van der Waals surface area contributed by atoms with Gasteiger partial charge in [-0.3, -0.25) is 10.1 Å². The van der Waals surface area contributed by atoms with Crippen molar-refractivity contribution in [3.63, 3.8) is 0 Å². The Morgan fingerprint density at radius 3 is 2.26 bits per heavy atom. The highest BCUT2D eigenvalue weighted by Gasteiger charge is 2.52. The van der Waals surface area contributed by atoms with Crippen molar-refractivity contribution in [1.29, 1.82) is 0 Å². The van der Waals surface area contributed by atoms with Gasteiger partial charge in [-0.05, 0) is 96.9 Å². The van der Waals surface area contributed by atoms with Crippen LogP contribution in [0.25, 0.3) is 0 Å². The summed E-state index contributed by atoms with van der Waals surface area (Å²) in [5.41, 5.74) is -1.64. The minimum absolute atomic E-state index is 0.127. The molecule has 0 aromatic rings. The number of alkyl carbamates (subject to hydrolysis) is 1. The number of aliphatic imine (C=N–C) groups is 1. The molecule has 1 aliphatic carbocycles. The van der Waals surface area contributed by atoms with Gasteiger partial charge < -0.3 is 24.4 Å². The lowest BCUT2D eigenvalue weighted by atomic mass is 10.2. The zero-order valence-corrected chi connectivity index (χ0v) is 26.0. The third-order valence-corrected chi connectivity index (χ3v) is 10.7. The first-order valence-electron chi connectivity index (χ1n) is 13.2. The van der Waals surface area contributed by atoms with Crippen LogP contribution in [-0.2, 0) is 23.8 Å². The second kappa shape index (κ2) is 13.9. The number of esters is 1. The molecule has 222 valence electrons. The number of nitrogens with zero attached hydrogens (tertiary/aromatic N) is 2. The molecular formula is C26H44N4O7S2. The summed E-state index contributed by atoms with van der Waals surface area (Å²) in [6.07, 6.45) is 3.65. The highest BCUT2D eigenvalue weighted by atomic mass is 32.2. The van der Waals surface area contributed by atoms with Gasteiger partial charge in [0, 0.05) is 7.05 Å². The summed E-state index contributed by atoms with van der Waals surface area (Å²) in [5.74, 6) is 0.652. The lowest BCUT2D eigenvalue weighted by Gasteiger charge is -2.48. The van der Waals surface area contributed by atoms with Crippen LogP contribution in [0, 0.1) is 0 Å². The quantitative estimate of drug-likeness (QED) is 0.117. The molecule has 0 bridgehead atoms. The van der Waals surface area contributed by atoms with Crippen molar-refractivity contribution in [3.8, 4) is 0 Å². The van der Waals surface area contributed by atoms with Gasteiger partial charge in [0.25, 0.3) is 0 Å². The predicted octanol–water partition coefficient (Wildman–Crippen LogP) is 4.22. The van der Waals surface area contributed by atoms with E-state index in [2.05, 4.69) is 15.6 Å². The van der Waals surface area contributed by atoms with Crippen LogP contribution in [0.4, 0.5) is 9.59 Å². The first-order valence-corrected chi connectivity index (χ1v) is 15.6. The van der Waals surface area contributed by atoms with E-state index in [-0.39, 0.29) is 12.6 Å². The number of hydrogen-bond acceptors (Lipinski definition) is 8. The number of hydrogen-bond donors (Lipinski definition) is 2. The van der Waals surface area contributed by atoms with Crippen LogP contribution in [0.3, 0.4) is 0 Å². The Morgan fingerprint density at radius 1 is 1.10 bits per heavy atom. The molecule has 39 heavy (non-hydrogen) atoms. The van der Waals surface area contributed by atoms with Crippen LogP contribution in [0.1, 0.15) is 80.6 Å². The fraction of sp³-hybridized carbons (Fsp3) is 0.769. The number of carbonyl (C=O) groups excluding carboxylic acids is 4. The monoisotopic (exact) mass is 588 g/mol. The molecule has 2 aliphatic rings. The third-order valence-electron chi connectivity index (χ3n) is 5.64. The van der Waals surface area contributed by atoms with Crippen molar-refractivity contribution in [3.05, 3.63) is 0 Å². The SMILES string of the molecule is CCOC(=O)C(N(C)C=O)C1(NC(=NC(=O)OC(C)(C)C)NC(=O)OC(C)(C)C)SCCCS1=C1CCCC1. The van der Waals surface area contributed by atoms with E-state index in [9.17, 15) is 19.2 Å². The van der Waals surface area contributed by atoms with E-state index in [1.807, 2.05) is 0 Å². The standard InChI is InChI=1S/C26H44N4O7S2/c1-9-35-20(32)19(30(8)17-31)26(38-15-12-16-39(26)18-13-10-11-14-18)29-21(27-22(33)36-24(2,3)4)28-23(34)37-25(5,6)7/h17,19H,9-16H2,1-8H3,(H2,27,28,29,33,34). The summed E-state index contributed by atoms with van der Waals surface area (Å²) in [6.45, 7) is 12.1. The number of thioether (sulfide) groups is 1. The van der Waals surface area contributed by atoms with Gasteiger partial charge in [0.15, 0.2) is 10.2 Å². The minimum atomic E-state index is -1.16. The topological polar surface area (TPSA) is 136 Å². The molecule has 0 radical (unpaired) electrons. The van der Waals surface area contributed by atoms with Crippen molar-refractivity contribution >= 4 is 57.6 Å². The Morgan fingerprint density at radius 2 is 1.72 bits per heavy atom. The Balaban J connectivity index is 2.72. The normalized spacial score (nSPS) is 22.9. The Hall–Kier alpha value is -2.28. The summed E-state index contributed by atoms with van der Waals surface area (Å²) >= 11 is 1.47. The molecule has 2 rings (SSSR count). The highest BCUT2D eigenvalue weighted by Crippen LogP contribution is 2.51. The van der Waals surface area contributed by atoms with Crippen LogP contribution in [0.15, 0.2) is 4.99 Å². The highest BCUT2D eigenvalue weighted by molar-refractivity contribution is 8.28. The Labute approximate surface area is 238 Å². The summed E-state index contributed by atoms with van der Waals surface area (Å²) in [7, 11) is 0.989. The summed E-state index contributed by atoms with van der Waals surface area (Å²) in [5, 5.41) is 5.83. The van der Waals surface area contributed by atoms with E-state index in [1.54, 1.807) is 48.5 Å². The van der Waals surface area contributed by atoms with Crippen molar-refractivity contribution in [2.24, 2.45) is 4.99 Å². The molecule has 2 fully saturated rings. The van der Waals surface area contributed by atoms with Gasteiger partial charge in [-0.25, -0.2) is 14.4 Å². The van der Waals surface area contributed by atoms with Crippen LogP contribution >= 0.6 is 22.2 Å². The maximum absolute atomic E-state index is 13.5. The molecule has 2 N–H and O–H groups in total. The molecule has 1 saturated carbocycles. The first-order chi connectivity index (χ1) is 18.1. The predicted molar refractivity (Wildman–Crippen MR) is 156 cm³/mol. The molecule has 1 saturated heterocycles. The van der Waals surface area contributed by atoms with E-state index in [1.165, 1.54) is 28.6 Å². The lowest BCUT2D eigenvalue weighted by molar-refractivity contribution is -0.151. The van der Waals surface area contributed by atoms with Crippen LogP contribution in [-0.4, -0.2) is 86.9 Å². The number of ether oxygens (including phenoxy) is 3. The van der Waals surface area contributed by atoms with E-state index in [0.29, 0.717) is 12.2 Å². The molecule has 1 heterocycles. The largest absolute Gasteiger partial charge is 0.464 e. The van der Waals surface area contributed by atoms with Gasteiger partial charge in [-0.2, -0.15) is 0 Å². The Kier molecular flexibility index (Phi) is 11.7. The molecule has 13 heteroatoms. The van der Waals surface area contributed by atoms with Gasteiger partial charge in [-0.15, -0.1) is 27.2 Å². The number of amides is 3. The van der Waals surface area contributed by atoms with Gasteiger partial charge in [0.05, 0.1) is 6.61 Å². The number of nitrogens with one attached hydrogen (secondary N) is 2. The maximum Gasteiger partial charge on any atom is 0.437 e. The van der Waals surface area contributed by atoms with Crippen LogP contribution in [0.5, 0.6) is 0 Å². The molecular weight excluding hydrogens is 544 g/mol. The first kappa shape index (κ1) is 32.9. The molecule has 3 atom stereocenters. The molecule has 0 spiro atoms. The fourth-order valence-corrected chi connectivity index (χ4v) is 10.1. The minimum Gasteiger partial charge on any atom is -0.464 e. The van der Waals surface area contributed by atoms with E-state index in [0.717, 1.165) is 37.9 Å². The van der Waals surface area contributed by atoms with Crippen molar-refractivity contribution < 1.29 is 33.4 Å². The van der Waals surface area contributed by atoms with Crippen molar-refractivity contribution in [2.45, 2.75) is 102 Å². The number of rotatable bonds is 6. The average molecular weight is 589 g/mol. The third kappa shape index (κ3) is 9.70. The molecule has 3 unspecified atom stereocenters. The molecule has 0 aromatic heterocycles. The number of carbonyl (C=O) groups is 4. The zero-order chi connectivity index (χ0) is 29.4. The van der Waals surface area contributed by atoms with E-state index >= 15 is 0 Å². The van der Waals surface area contributed by atoms with Crippen molar-refractivity contribution in [1.82, 2.24) is 15.5 Å². The average Bonchev–Trinajstić information content (AvgIpc) is 3.31. The molecule has 1 aliphatic heterocycles. The second-order valence-electron chi connectivity index (χ2n) is 11.3. The number of guanidine groups is 1. The summed E-state index contributed by atoms with van der Waals surface area (Å²) < 4.78 is 15.1. The zero-order valence-electron chi connectivity index (χ0n) is 24.4. The van der Waals surface area contributed by atoms with Gasteiger partial charge in [-0.1, -0.05) is 0 Å². The van der Waals surface area contributed by atoms with Crippen molar-refractivity contribution in [2.75, 3.05) is 25.2 Å². The van der Waals surface area contributed by atoms with Crippen LogP contribution in [0.2, 0.25) is 0 Å². The maximum atomic E-state index is 13.5. The van der Waals surface area contributed by atoms with Gasteiger partial charge in [0.1, 0.15) is 11.2 Å². The van der Waals surface area contributed by atoms with E-state index < -0.39 is 50.1 Å². The lowest BCUT2D eigenvalue weighted by Crippen LogP contribution is -2.65. The second-order valence-corrected chi connectivity index (χ2v) is 15.3. The summed E-state index contributed by atoms with van der Waals surface area (Å²) in [4.78, 5) is 57.9. The fourth-order valence-electron chi connectivity index (χ4n) is 4.30. The Bertz CT molecular complexity index is 980. The van der Waals surface area contributed by atoms with Gasteiger partial charge in [0.2, 0.25) is 12.4 Å². The van der Waals surface area contributed by atoms with E-state index in [4.69, 9.17) is 14.2 Å². The molecule has 0 aromatic carbocycles. The molecule has 11 nitrogen and oxygen atoms in total. The molecule has 3 amide bonds. The summed E-state index contributed by atoms with van der Waals surface area (Å²) in [6, 6.07) is -1.07. The smallest absolute Gasteiger partial charge is 0.437 e. The van der Waals surface area contributed by atoms with Gasteiger partial charge >= 0.3 is 18.2 Å². The van der Waals surface area contributed by atoms with Crippen LogP contribution < -0.4 is 10.6 Å². The number of likely N-dealkylation sites (N-methyl/N-ethyl adjacent to an activating group) is 1.